The summed E-state index contributed by atoms with van der Waals surface area (Å²) < 4.78 is 5.16. The fourth-order valence-electron chi connectivity index (χ4n) is 5.84. The molecular weight excluding hydrogens is 556 g/mol. The number of nitro groups is 1. The van der Waals surface area contributed by atoms with Crippen LogP contribution in [-0.4, -0.2) is 72.0 Å². The van der Waals surface area contributed by atoms with Gasteiger partial charge in [0.25, 0.3) is 5.69 Å². The molecule has 13 heteroatoms. The van der Waals surface area contributed by atoms with Crippen LogP contribution in [0.2, 0.25) is 0 Å². The van der Waals surface area contributed by atoms with Crippen molar-refractivity contribution >= 4 is 29.6 Å². The molecule has 0 bridgehead atoms. The van der Waals surface area contributed by atoms with Crippen LogP contribution in [0.25, 0.3) is 0 Å². The minimum absolute atomic E-state index is 0.0342. The maximum absolute atomic E-state index is 13.3. The van der Waals surface area contributed by atoms with Gasteiger partial charge in [0, 0.05) is 24.4 Å². The van der Waals surface area contributed by atoms with Gasteiger partial charge in [0.05, 0.1) is 23.0 Å². The summed E-state index contributed by atoms with van der Waals surface area (Å²) in [6.45, 7) is 3.96. The molecule has 0 spiro atoms. The van der Waals surface area contributed by atoms with Gasteiger partial charge in [-0.15, -0.1) is 0 Å². The number of carbonyl (C=O) groups excluding carboxylic acids is 4. The number of methoxy groups -OCH3 is 1. The molecule has 0 unspecified atom stereocenters. The van der Waals surface area contributed by atoms with Crippen LogP contribution in [0.5, 0.6) is 0 Å². The molecule has 4 rings (SSSR count). The van der Waals surface area contributed by atoms with Crippen molar-refractivity contribution < 1.29 is 28.8 Å². The number of primary amides is 1. The third-order valence-electron chi connectivity index (χ3n) is 8.13. The van der Waals surface area contributed by atoms with Crippen molar-refractivity contribution in [2.75, 3.05) is 33.3 Å². The Balaban J connectivity index is 1.41. The Hall–Kier alpha value is -4.78. The second kappa shape index (κ2) is 13.5. The Kier molecular flexibility index (Phi) is 9.76. The molecule has 4 N–H and O–H groups in total. The second-order valence-corrected chi connectivity index (χ2v) is 10.5. The molecule has 0 saturated carbocycles. The third-order valence-corrected chi connectivity index (χ3v) is 8.13. The molecule has 0 aliphatic carbocycles. The maximum Gasteiger partial charge on any atom is 0.330 e. The zero-order chi connectivity index (χ0) is 31.1. The van der Waals surface area contributed by atoms with Crippen LogP contribution < -0.4 is 16.4 Å². The van der Waals surface area contributed by atoms with Gasteiger partial charge in [0.2, 0.25) is 5.91 Å². The first-order chi connectivity index (χ1) is 20.6. The topological polar surface area (TPSA) is 177 Å². The van der Waals surface area contributed by atoms with Crippen molar-refractivity contribution in [2.24, 2.45) is 5.73 Å². The number of ether oxygens (including phenoxy) is 1. The number of esters is 1. The number of rotatable bonds is 10. The number of benzene rings is 2. The summed E-state index contributed by atoms with van der Waals surface area (Å²) in [4.78, 5) is 65.4. The van der Waals surface area contributed by atoms with Gasteiger partial charge in [0.1, 0.15) is 6.04 Å². The van der Waals surface area contributed by atoms with Crippen molar-refractivity contribution in [1.29, 1.82) is 0 Å². The largest absolute Gasteiger partial charge is 0.468 e. The van der Waals surface area contributed by atoms with E-state index in [0.717, 1.165) is 10.5 Å². The van der Waals surface area contributed by atoms with E-state index in [-0.39, 0.29) is 35.9 Å². The van der Waals surface area contributed by atoms with Crippen LogP contribution in [0.4, 0.5) is 15.3 Å². The predicted octanol–water partition coefficient (Wildman–Crippen LogP) is 3.12. The SMILES string of the molecule is CCC1=C(C(N)=O)[C@H](c2ccc([N+](=O)[O-])cc2)N(C(=O)NCCCN2CCC(C(=O)OC)(c3ccccc3)CC2)C(=O)N1. The zero-order valence-corrected chi connectivity index (χ0v) is 24.2. The number of amides is 5. The molecule has 1 fully saturated rings. The van der Waals surface area contributed by atoms with E-state index >= 15 is 0 Å². The molecule has 2 aromatic carbocycles. The molecule has 5 amide bonds. The number of hydrogen-bond acceptors (Lipinski definition) is 8. The molecule has 228 valence electrons. The number of likely N-dealkylation sites (tertiary alicyclic amines) is 1. The highest BCUT2D eigenvalue weighted by Gasteiger charge is 2.44. The minimum atomic E-state index is -1.16. The van der Waals surface area contributed by atoms with Crippen molar-refractivity contribution in [3.05, 3.63) is 87.1 Å². The highest BCUT2D eigenvalue weighted by molar-refractivity contribution is 6.03. The van der Waals surface area contributed by atoms with Gasteiger partial charge in [-0.25, -0.2) is 14.5 Å². The van der Waals surface area contributed by atoms with E-state index in [1.54, 1.807) is 6.92 Å². The first-order valence-corrected chi connectivity index (χ1v) is 14.1. The molecule has 2 aromatic rings. The van der Waals surface area contributed by atoms with Gasteiger partial charge in [-0.05, 0) is 68.6 Å². The van der Waals surface area contributed by atoms with E-state index in [2.05, 4.69) is 15.5 Å². The monoisotopic (exact) mass is 592 g/mol. The molecule has 0 aromatic heterocycles. The number of allylic oxidation sites excluding steroid dienone is 1. The van der Waals surface area contributed by atoms with Crippen LogP contribution in [0.1, 0.15) is 49.8 Å². The van der Waals surface area contributed by atoms with E-state index in [4.69, 9.17) is 10.5 Å². The summed E-state index contributed by atoms with van der Waals surface area (Å²) >= 11 is 0. The van der Waals surface area contributed by atoms with Crippen LogP contribution >= 0.6 is 0 Å². The summed E-state index contributed by atoms with van der Waals surface area (Å²) in [6, 6.07) is 12.3. The normalized spacial score (nSPS) is 18.5. The Morgan fingerprint density at radius 3 is 2.33 bits per heavy atom. The average Bonchev–Trinajstić information content (AvgIpc) is 3.02. The van der Waals surface area contributed by atoms with E-state index in [9.17, 15) is 29.3 Å². The molecular formula is C30H36N6O7. The molecule has 2 heterocycles. The quantitative estimate of drug-likeness (QED) is 0.163. The Morgan fingerprint density at radius 1 is 1.12 bits per heavy atom. The minimum Gasteiger partial charge on any atom is -0.468 e. The van der Waals surface area contributed by atoms with E-state index in [0.29, 0.717) is 44.5 Å². The lowest BCUT2D eigenvalue weighted by Gasteiger charge is -2.40. The first kappa shape index (κ1) is 31.2. The van der Waals surface area contributed by atoms with Gasteiger partial charge < -0.3 is 26.0 Å². The summed E-state index contributed by atoms with van der Waals surface area (Å²) in [5.74, 6) is -1.06. The van der Waals surface area contributed by atoms with Crippen molar-refractivity contribution in [3.63, 3.8) is 0 Å². The lowest BCUT2D eigenvalue weighted by atomic mass is 9.72. The van der Waals surface area contributed by atoms with Crippen molar-refractivity contribution in [3.8, 4) is 0 Å². The van der Waals surface area contributed by atoms with Crippen LogP contribution in [0.15, 0.2) is 65.9 Å². The predicted molar refractivity (Wildman–Crippen MR) is 157 cm³/mol. The molecule has 0 radical (unpaired) electrons. The smallest absolute Gasteiger partial charge is 0.330 e. The third kappa shape index (κ3) is 6.51. The fraction of sp³-hybridized carbons (Fsp3) is 0.400. The number of nitrogens with one attached hydrogen (secondary N) is 2. The summed E-state index contributed by atoms with van der Waals surface area (Å²) in [5, 5.41) is 16.5. The maximum atomic E-state index is 13.3. The number of nitrogens with zero attached hydrogens (tertiary/aromatic N) is 3. The molecule has 13 nitrogen and oxygen atoms in total. The Morgan fingerprint density at radius 2 is 1.77 bits per heavy atom. The average molecular weight is 593 g/mol. The summed E-state index contributed by atoms with van der Waals surface area (Å²) in [6.07, 6.45) is 2.05. The molecule has 1 saturated heterocycles. The summed E-state index contributed by atoms with van der Waals surface area (Å²) in [5.41, 5.74) is 6.40. The number of nitro benzene ring substituents is 1. The van der Waals surface area contributed by atoms with Crippen LogP contribution in [0, 0.1) is 10.1 Å². The highest BCUT2D eigenvalue weighted by Crippen LogP contribution is 2.37. The van der Waals surface area contributed by atoms with E-state index in [1.807, 2.05) is 30.3 Å². The van der Waals surface area contributed by atoms with Gasteiger partial charge in [0.15, 0.2) is 0 Å². The fourth-order valence-corrected chi connectivity index (χ4v) is 5.84. The van der Waals surface area contributed by atoms with Crippen LogP contribution in [-0.2, 0) is 19.7 Å². The Bertz CT molecular complexity index is 1400. The number of nitrogens with two attached hydrogens (primary N) is 1. The number of non-ortho nitro benzene ring substituents is 1. The number of hydrogen-bond donors (Lipinski definition) is 3. The lowest BCUT2D eigenvalue weighted by molar-refractivity contribution is -0.384. The summed E-state index contributed by atoms with van der Waals surface area (Å²) in [7, 11) is 1.40. The van der Waals surface area contributed by atoms with Gasteiger partial charge in [-0.2, -0.15) is 0 Å². The number of piperidine rings is 1. The van der Waals surface area contributed by atoms with Crippen molar-refractivity contribution in [1.82, 2.24) is 20.4 Å². The number of imide groups is 1. The first-order valence-electron chi connectivity index (χ1n) is 14.1. The van der Waals surface area contributed by atoms with Gasteiger partial charge in [-0.3, -0.25) is 19.7 Å². The molecule has 2 aliphatic heterocycles. The van der Waals surface area contributed by atoms with Crippen LogP contribution in [0.3, 0.4) is 0 Å². The molecule has 2 aliphatic rings. The highest BCUT2D eigenvalue weighted by atomic mass is 16.6. The number of carbonyl (C=O) groups is 4. The van der Waals surface area contributed by atoms with E-state index < -0.39 is 34.3 Å². The Labute approximate surface area is 249 Å². The molecule has 1 atom stereocenters. The molecule has 43 heavy (non-hydrogen) atoms. The number of urea groups is 2. The lowest BCUT2D eigenvalue weighted by Crippen LogP contribution is -2.55. The van der Waals surface area contributed by atoms with Crippen molar-refractivity contribution in [2.45, 2.75) is 44.1 Å². The van der Waals surface area contributed by atoms with Gasteiger partial charge in [-0.1, -0.05) is 37.3 Å². The standard InChI is InChI=1S/C30H36N6O7/c1-3-23-24(26(31)37)25(20-10-12-22(13-11-20)36(41)42)35(29(40)33-23)28(39)32-16-7-17-34-18-14-30(15-19-34,27(38)43-2)21-8-5-4-6-9-21/h4-6,8-13,25H,3,7,14-19H2,1-2H3,(H2,31,37)(H,32,39)(H,33,40)/t25-/m0/s1. The zero-order valence-electron chi connectivity index (χ0n) is 24.2. The van der Waals surface area contributed by atoms with E-state index in [1.165, 1.54) is 31.4 Å². The van der Waals surface area contributed by atoms with Gasteiger partial charge >= 0.3 is 18.0 Å². The second-order valence-electron chi connectivity index (χ2n) is 10.5.